The molecule has 3 atom stereocenters. The quantitative estimate of drug-likeness (QED) is 0.791. The Balaban J connectivity index is 1.78. The topological polar surface area (TPSA) is 30.5 Å². The second-order valence-corrected chi connectivity index (χ2v) is 8.88. The molecule has 2 aliphatic heterocycles. The van der Waals surface area contributed by atoms with Gasteiger partial charge in [-0.1, -0.05) is 0 Å². The Labute approximate surface area is 140 Å². The van der Waals surface area contributed by atoms with Crippen molar-refractivity contribution in [1.29, 1.82) is 0 Å². The number of hydrogen-bond donors (Lipinski definition) is 1. The zero-order valence-electron chi connectivity index (χ0n) is 11.5. The minimum Gasteiger partial charge on any atom is -0.378 e. The molecule has 0 aromatic carbocycles. The van der Waals surface area contributed by atoms with E-state index in [2.05, 4.69) is 50.3 Å². The van der Waals surface area contributed by atoms with Gasteiger partial charge in [0.15, 0.2) is 0 Å². The summed E-state index contributed by atoms with van der Waals surface area (Å²) in [5.74, 6) is 0.605. The molecule has 2 saturated heterocycles. The molecule has 6 heteroatoms. The van der Waals surface area contributed by atoms with E-state index in [0.717, 1.165) is 43.6 Å². The van der Waals surface area contributed by atoms with E-state index in [4.69, 9.17) is 9.47 Å². The third-order valence-electron chi connectivity index (χ3n) is 4.35. The minimum atomic E-state index is -0.0241. The van der Waals surface area contributed by atoms with Gasteiger partial charge in [-0.15, -0.1) is 11.3 Å². The molecule has 1 N–H and O–H groups in total. The van der Waals surface area contributed by atoms with E-state index in [9.17, 15) is 0 Å². The Morgan fingerprint density at radius 3 is 2.90 bits per heavy atom. The van der Waals surface area contributed by atoms with Gasteiger partial charge in [0.05, 0.1) is 16.0 Å². The average molecular weight is 425 g/mol. The standard InChI is InChI=1S/C14H19Br2NO2S/c1-17-12(11-6-10(15)13(16)20-11)9-2-4-19-14(7-9)3-5-18-8-14/h6,9,12,17H,2-5,7-8H2,1H3. The number of ether oxygens (including phenoxy) is 2. The summed E-state index contributed by atoms with van der Waals surface area (Å²) in [6.07, 6.45) is 3.24. The fourth-order valence-corrected chi connectivity index (χ4v) is 5.63. The highest BCUT2D eigenvalue weighted by molar-refractivity contribution is 9.13. The van der Waals surface area contributed by atoms with Gasteiger partial charge in [0.25, 0.3) is 0 Å². The van der Waals surface area contributed by atoms with Crippen LogP contribution in [0.1, 0.15) is 30.2 Å². The summed E-state index contributed by atoms with van der Waals surface area (Å²) >= 11 is 8.99. The van der Waals surface area contributed by atoms with E-state index >= 15 is 0 Å². The Morgan fingerprint density at radius 2 is 2.30 bits per heavy atom. The zero-order valence-corrected chi connectivity index (χ0v) is 15.4. The van der Waals surface area contributed by atoms with Crippen molar-refractivity contribution in [2.24, 2.45) is 5.92 Å². The van der Waals surface area contributed by atoms with Gasteiger partial charge >= 0.3 is 0 Å². The van der Waals surface area contributed by atoms with Crippen LogP contribution in [0.3, 0.4) is 0 Å². The summed E-state index contributed by atoms with van der Waals surface area (Å²) in [5, 5.41) is 3.51. The number of nitrogens with one attached hydrogen (secondary N) is 1. The van der Waals surface area contributed by atoms with Gasteiger partial charge in [0, 0.05) is 35.0 Å². The molecule has 3 unspecified atom stereocenters. The van der Waals surface area contributed by atoms with Crippen molar-refractivity contribution in [3.8, 4) is 0 Å². The monoisotopic (exact) mass is 423 g/mol. The predicted octanol–water partition coefficient (Wildman–Crippen LogP) is 4.12. The smallest absolute Gasteiger partial charge is 0.0940 e. The van der Waals surface area contributed by atoms with Crippen molar-refractivity contribution in [2.45, 2.75) is 30.9 Å². The van der Waals surface area contributed by atoms with Crippen LogP contribution in [0.5, 0.6) is 0 Å². The Morgan fingerprint density at radius 1 is 1.45 bits per heavy atom. The molecule has 0 saturated carbocycles. The molecule has 1 aromatic heterocycles. The molecule has 1 aromatic rings. The molecule has 3 nitrogen and oxygen atoms in total. The second-order valence-electron chi connectivity index (χ2n) is 5.62. The molecule has 2 fully saturated rings. The normalized spacial score (nSPS) is 31.9. The largest absolute Gasteiger partial charge is 0.378 e. The van der Waals surface area contributed by atoms with Crippen LogP contribution in [-0.4, -0.2) is 32.5 Å². The minimum absolute atomic E-state index is 0.0241. The van der Waals surface area contributed by atoms with Crippen LogP contribution in [0.4, 0.5) is 0 Å². The van der Waals surface area contributed by atoms with Crippen LogP contribution in [0.2, 0.25) is 0 Å². The summed E-state index contributed by atoms with van der Waals surface area (Å²) in [7, 11) is 2.06. The lowest BCUT2D eigenvalue weighted by Crippen LogP contribution is -2.43. The van der Waals surface area contributed by atoms with Crippen LogP contribution >= 0.6 is 43.2 Å². The van der Waals surface area contributed by atoms with Crippen molar-refractivity contribution < 1.29 is 9.47 Å². The van der Waals surface area contributed by atoms with Crippen molar-refractivity contribution >= 4 is 43.2 Å². The highest BCUT2D eigenvalue weighted by Crippen LogP contribution is 2.44. The van der Waals surface area contributed by atoms with Crippen LogP contribution in [-0.2, 0) is 9.47 Å². The van der Waals surface area contributed by atoms with Crippen molar-refractivity contribution in [3.63, 3.8) is 0 Å². The molecule has 0 radical (unpaired) electrons. The Hall–Kier alpha value is 0.540. The molecule has 112 valence electrons. The Bertz CT molecular complexity index is 454. The molecule has 2 aliphatic rings. The van der Waals surface area contributed by atoms with Crippen molar-refractivity contribution in [2.75, 3.05) is 26.9 Å². The summed E-state index contributed by atoms with van der Waals surface area (Å²) in [6.45, 7) is 2.45. The fraction of sp³-hybridized carbons (Fsp3) is 0.714. The molecule has 1 spiro atoms. The van der Waals surface area contributed by atoms with Gasteiger partial charge in [-0.3, -0.25) is 0 Å². The second kappa shape index (κ2) is 6.34. The summed E-state index contributed by atoms with van der Waals surface area (Å²) in [6, 6.07) is 2.62. The zero-order chi connectivity index (χ0) is 14.2. The molecule has 3 heterocycles. The lowest BCUT2D eigenvalue weighted by atomic mass is 9.80. The molecule has 20 heavy (non-hydrogen) atoms. The van der Waals surface area contributed by atoms with Gasteiger partial charge in [0.2, 0.25) is 0 Å². The van der Waals surface area contributed by atoms with Gasteiger partial charge in [-0.05, 0) is 63.7 Å². The summed E-state index contributed by atoms with van der Waals surface area (Å²) in [4.78, 5) is 1.38. The van der Waals surface area contributed by atoms with Crippen LogP contribution in [0.15, 0.2) is 14.3 Å². The maximum absolute atomic E-state index is 6.05. The lowest BCUT2D eigenvalue weighted by molar-refractivity contribution is -0.103. The first kappa shape index (κ1) is 15.4. The molecule has 0 amide bonds. The third kappa shape index (κ3) is 3.01. The van der Waals surface area contributed by atoms with E-state index in [0.29, 0.717) is 12.0 Å². The van der Waals surface area contributed by atoms with E-state index in [1.165, 1.54) is 8.66 Å². The van der Waals surface area contributed by atoms with Gasteiger partial charge in [0.1, 0.15) is 0 Å². The number of hydrogen-bond acceptors (Lipinski definition) is 4. The maximum Gasteiger partial charge on any atom is 0.0940 e. The highest BCUT2D eigenvalue weighted by atomic mass is 79.9. The fourth-order valence-electron chi connectivity index (χ4n) is 3.34. The SMILES string of the molecule is CNC(c1cc(Br)c(Br)s1)C1CCOC2(CCOC2)C1. The first-order valence-electron chi connectivity index (χ1n) is 6.97. The maximum atomic E-state index is 6.05. The average Bonchev–Trinajstić information content (AvgIpc) is 2.99. The van der Waals surface area contributed by atoms with Crippen molar-refractivity contribution in [1.82, 2.24) is 5.32 Å². The van der Waals surface area contributed by atoms with E-state index in [-0.39, 0.29) is 5.60 Å². The highest BCUT2D eigenvalue weighted by Gasteiger charge is 2.43. The summed E-state index contributed by atoms with van der Waals surface area (Å²) in [5.41, 5.74) is -0.0241. The molecule has 0 bridgehead atoms. The van der Waals surface area contributed by atoms with E-state index in [1.807, 2.05) is 0 Å². The summed E-state index contributed by atoms with van der Waals surface area (Å²) < 4.78 is 13.9. The van der Waals surface area contributed by atoms with Crippen molar-refractivity contribution in [3.05, 3.63) is 19.2 Å². The Kier molecular flexibility index (Phi) is 4.90. The molecular weight excluding hydrogens is 406 g/mol. The molecule has 3 rings (SSSR count). The predicted molar refractivity (Wildman–Crippen MR) is 88.4 cm³/mol. The van der Waals surface area contributed by atoms with Gasteiger partial charge in [-0.25, -0.2) is 0 Å². The van der Waals surface area contributed by atoms with Gasteiger partial charge in [-0.2, -0.15) is 0 Å². The third-order valence-corrected chi connectivity index (χ3v) is 7.69. The van der Waals surface area contributed by atoms with Crippen LogP contribution in [0.25, 0.3) is 0 Å². The number of halogens is 2. The first-order chi connectivity index (χ1) is 9.63. The van der Waals surface area contributed by atoms with Gasteiger partial charge < -0.3 is 14.8 Å². The molecular formula is C14H19Br2NO2S. The molecule has 0 aliphatic carbocycles. The first-order valence-corrected chi connectivity index (χ1v) is 9.37. The van der Waals surface area contributed by atoms with Crippen LogP contribution < -0.4 is 5.32 Å². The van der Waals surface area contributed by atoms with Crippen LogP contribution in [0, 0.1) is 5.92 Å². The number of rotatable bonds is 3. The number of thiophene rings is 1. The van der Waals surface area contributed by atoms with E-state index < -0.39 is 0 Å². The lowest BCUT2D eigenvalue weighted by Gasteiger charge is -2.40. The van der Waals surface area contributed by atoms with E-state index in [1.54, 1.807) is 11.3 Å².